The van der Waals surface area contributed by atoms with Crippen molar-refractivity contribution in [2.45, 2.75) is 63.6 Å². The second-order valence-corrected chi connectivity index (χ2v) is 6.79. The third-order valence-electron chi connectivity index (χ3n) is 4.98. The minimum Gasteiger partial charge on any atom is -0.348 e. The molecule has 3 rings (SSSR count). The van der Waals surface area contributed by atoms with Crippen LogP contribution in [0.3, 0.4) is 0 Å². The quantitative estimate of drug-likeness (QED) is 0.856. The largest absolute Gasteiger partial charge is 0.348 e. The van der Waals surface area contributed by atoms with Crippen LogP contribution in [0.1, 0.15) is 57.1 Å². The Bertz CT molecular complexity index is 469. The summed E-state index contributed by atoms with van der Waals surface area (Å²) >= 11 is 0. The first kappa shape index (κ1) is 14.6. The predicted molar refractivity (Wildman–Crippen MR) is 83.7 cm³/mol. The molecule has 2 saturated carbocycles. The maximum absolute atomic E-state index is 12.6. The summed E-state index contributed by atoms with van der Waals surface area (Å²) in [7, 11) is 0. The van der Waals surface area contributed by atoms with Gasteiger partial charge in [-0.3, -0.25) is 4.79 Å². The fourth-order valence-corrected chi connectivity index (χ4v) is 3.41. The summed E-state index contributed by atoms with van der Waals surface area (Å²) in [5.74, 6) is 0.903. The lowest BCUT2D eigenvalue weighted by Crippen LogP contribution is -2.94. The molecule has 0 saturated heterocycles. The van der Waals surface area contributed by atoms with Crippen molar-refractivity contribution in [3.8, 4) is 0 Å². The highest BCUT2D eigenvalue weighted by atomic mass is 16.2. The topological polar surface area (TPSA) is 45.7 Å². The first-order chi connectivity index (χ1) is 10.2. The molecule has 0 spiro atoms. The fourth-order valence-electron chi connectivity index (χ4n) is 3.41. The highest BCUT2D eigenvalue weighted by Gasteiger charge is 2.34. The van der Waals surface area contributed by atoms with Crippen molar-refractivity contribution >= 4 is 5.91 Å². The van der Waals surface area contributed by atoms with Crippen molar-refractivity contribution in [3.05, 3.63) is 35.9 Å². The average Bonchev–Trinajstić information content (AvgIpc) is 3.31. The molecule has 3 nitrogen and oxygen atoms in total. The van der Waals surface area contributed by atoms with Crippen molar-refractivity contribution in [2.24, 2.45) is 5.92 Å². The lowest BCUT2D eigenvalue weighted by Gasteiger charge is -2.30. The molecule has 3 N–H and O–H groups in total. The molecule has 1 amide bonds. The Morgan fingerprint density at radius 2 is 1.86 bits per heavy atom. The van der Waals surface area contributed by atoms with Gasteiger partial charge in [0, 0.05) is 17.5 Å². The molecule has 2 fully saturated rings. The summed E-state index contributed by atoms with van der Waals surface area (Å²) in [5.41, 5.74) is 1.13. The van der Waals surface area contributed by atoms with Crippen LogP contribution in [0.15, 0.2) is 30.3 Å². The molecule has 2 aliphatic rings. The number of quaternary nitrogens is 1. The normalized spacial score (nSPS) is 27.1. The maximum atomic E-state index is 12.6. The zero-order valence-corrected chi connectivity index (χ0v) is 12.9. The van der Waals surface area contributed by atoms with Crippen molar-refractivity contribution in [1.82, 2.24) is 5.32 Å². The molecule has 0 bridgehead atoms. The third-order valence-corrected chi connectivity index (χ3v) is 4.98. The van der Waals surface area contributed by atoms with Gasteiger partial charge in [-0.05, 0) is 32.1 Å². The summed E-state index contributed by atoms with van der Waals surface area (Å²) in [6.45, 7) is 2.33. The Balaban J connectivity index is 1.73. The van der Waals surface area contributed by atoms with E-state index in [1.807, 2.05) is 18.2 Å². The van der Waals surface area contributed by atoms with E-state index in [0.29, 0.717) is 18.0 Å². The molecule has 3 heteroatoms. The Kier molecular flexibility index (Phi) is 4.59. The summed E-state index contributed by atoms with van der Waals surface area (Å²) < 4.78 is 0. The highest BCUT2D eigenvalue weighted by Crippen LogP contribution is 2.23. The van der Waals surface area contributed by atoms with Crippen molar-refractivity contribution in [3.63, 3.8) is 0 Å². The van der Waals surface area contributed by atoms with E-state index < -0.39 is 0 Å². The van der Waals surface area contributed by atoms with Gasteiger partial charge in [-0.2, -0.15) is 0 Å². The van der Waals surface area contributed by atoms with E-state index in [1.54, 1.807) is 0 Å². The van der Waals surface area contributed by atoms with Crippen LogP contribution in [0, 0.1) is 5.92 Å². The Morgan fingerprint density at radius 3 is 2.52 bits per heavy atom. The van der Waals surface area contributed by atoms with Gasteiger partial charge in [0.2, 0.25) is 0 Å². The first-order valence-corrected chi connectivity index (χ1v) is 8.44. The van der Waals surface area contributed by atoms with Gasteiger partial charge >= 0.3 is 0 Å². The van der Waals surface area contributed by atoms with Gasteiger partial charge in [0.25, 0.3) is 5.91 Å². The second kappa shape index (κ2) is 6.61. The average molecular weight is 287 g/mol. The van der Waals surface area contributed by atoms with Crippen LogP contribution >= 0.6 is 0 Å². The minimum absolute atomic E-state index is 0.0858. The highest BCUT2D eigenvalue weighted by molar-refractivity contribution is 5.82. The standard InChI is InChI=1S/C18H26N2O/c1-13-7-5-6-10-16(13)20-17(14-8-3-2-4-9-14)18(21)19-15-11-12-15/h2-4,8-9,13,15-17,20H,5-7,10-12H2,1H3,(H,19,21)/p+1/t13-,16+,17+/m1/s1. The lowest BCUT2D eigenvalue weighted by atomic mass is 9.85. The number of hydrogen-bond donors (Lipinski definition) is 2. The van der Waals surface area contributed by atoms with Crippen LogP contribution in [0.2, 0.25) is 0 Å². The number of hydrogen-bond acceptors (Lipinski definition) is 1. The van der Waals surface area contributed by atoms with Gasteiger partial charge in [0.1, 0.15) is 0 Å². The lowest BCUT2D eigenvalue weighted by molar-refractivity contribution is -0.723. The smallest absolute Gasteiger partial charge is 0.283 e. The number of nitrogens with two attached hydrogens (primary N) is 1. The molecule has 2 aliphatic carbocycles. The molecule has 1 aromatic carbocycles. The molecule has 0 unspecified atom stereocenters. The van der Waals surface area contributed by atoms with Gasteiger partial charge in [0.05, 0.1) is 6.04 Å². The van der Waals surface area contributed by atoms with E-state index in [-0.39, 0.29) is 11.9 Å². The van der Waals surface area contributed by atoms with Crippen LogP contribution in [-0.2, 0) is 4.79 Å². The summed E-state index contributed by atoms with van der Waals surface area (Å²) in [6, 6.07) is 11.2. The molecule has 0 radical (unpaired) electrons. The van der Waals surface area contributed by atoms with Crippen LogP contribution in [0.4, 0.5) is 0 Å². The van der Waals surface area contributed by atoms with Gasteiger partial charge in [-0.15, -0.1) is 0 Å². The zero-order valence-electron chi connectivity index (χ0n) is 12.9. The van der Waals surface area contributed by atoms with Gasteiger partial charge in [-0.25, -0.2) is 0 Å². The first-order valence-electron chi connectivity index (χ1n) is 8.44. The zero-order chi connectivity index (χ0) is 14.7. The van der Waals surface area contributed by atoms with Gasteiger partial charge < -0.3 is 10.6 Å². The monoisotopic (exact) mass is 287 g/mol. The number of rotatable bonds is 5. The van der Waals surface area contributed by atoms with Crippen LogP contribution in [-0.4, -0.2) is 18.0 Å². The summed E-state index contributed by atoms with van der Waals surface area (Å²) in [5, 5.41) is 5.52. The van der Waals surface area contributed by atoms with Gasteiger partial charge in [0.15, 0.2) is 6.04 Å². The molecule has 0 aliphatic heterocycles. The fraction of sp³-hybridized carbons (Fsp3) is 0.611. The summed E-state index contributed by atoms with van der Waals surface area (Å²) in [4.78, 5) is 12.6. The molecule has 1 aromatic rings. The van der Waals surface area contributed by atoms with Crippen LogP contribution < -0.4 is 10.6 Å². The Labute approximate surface area is 127 Å². The van der Waals surface area contributed by atoms with Crippen LogP contribution in [0.5, 0.6) is 0 Å². The molecule has 3 atom stereocenters. The minimum atomic E-state index is -0.0858. The Hall–Kier alpha value is -1.35. The van der Waals surface area contributed by atoms with Crippen LogP contribution in [0.25, 0.3) is 0 Å². The number of carbonyl (C=O) groups excluding carboxylic acids is 1. The maximum Gasteiger partial charge on any atom is 0.283 e. The van der Waals surface area contributed by atoms with E-state index in [1.165, 1.54) is 25.7 Å². The van der Waals surface area contributed by atoms with Gasteiger partial charge in [-0.1, -0.05) is 43.7 Å². The second-order valence-electron chi connectivity index (χ2n) is 6.79. The SMILES string of the molecule is C[C@@H]1CCCC[C@@H]1[NH2+][C@H](C(=O)NC1CC1)c1ccccc1. The number of amides is 1. The van der Waals surface area contributed by atoms with E-state index in [4.69, 9.17) is 0 Å². The summed E-state index contributed by atoms with van der Waals surface area (Å²) in [6.07, 6.45) is 7.47. The third kappa shape index (κ3) is 3.85. The van der Waals surface area contributed by atoms with E-state index in [0.717, 1.165) is 18.4 Å². The number of carbonyl (C=O) groups is 1. The Morgan fingerprint density at radius 1 is 1.14 bits per heavy atom. The predicted octanol–water partition coefficient (Wildman–Crippen LogP) is 2.15. The van der Waals surface area contributed by atoms with Crippen molar-refractivity contribution in [1.29, 1.82) is 0 Å². The molecule has 0 aromatic heterocycles. The number of benzene rings is 1. The molecular weight excluding hydrogens is 260 g/mol. The van der Waals surface area contributed by atoms with Crippen molar-refractivity contribution in [2.75, 3.05) is 0 Å². The van der Waals surface area contributed by atoms with E-state index in [2.05, 4.69) is 29.7 Å². The molecule has 0 heterocycles. The molecular formula is C18H27N2O+. The van der Waals surface area contributed by atoms with E-state index >= 15 is 0 Å². The van der Waals surface area contributed by atoms with Crippen molar-refractivity contribution < 1.29 is 10.1 Å². The number of nitrogens with one attached hydrogen (secondary N) is 1. The van der Waals surface area contributed by atoms with E-state index in [9.17, 15) is 4.79 Å². The molecule has 114 valence electrons. The molecule has 21 heavy (non-hydrogen) atoms.